The molecule has 0 aliphatic heterocycles. The predicted octanol–water partition coefficient (Wildman–Crippen LogP) is 2.06. The van der Waals surface area contributed by atoms with Gasteiger partial charge < -0.3 is 5.11 Å². The number of aliphatic carboxylic acids is 1. The Morgan fingerprint density at radius 2 is 2.07 bits per heavy atom. The first-order chi connectivity index (χ1) is 6.86. The van der Waals surface area contributed by atoms with Crippen molar-refractivity contribution in [2.45, 2.75) is 32.7 Å². The number of carboxylic acids is 1. The van der Waals surface area contributed by atoms with Gasteiger partial charge in [0, 0.05) is 4.20 Å². The molecule has 3 nitrogen and oxygen atoms in total. The van der Waals surface area contributed by atoms with Crippen LogP contribution in [-0.4, -0.2) is 39.8 Å². The molecule has 0 aliphatic rings. The second-order valence-electron chi connectivity index (χ2n) is 3.88. The maximum absolute atomic E-state index is 10.7. The van der Waals surface area contributed by atoms with Gasteiger partial charge in [-0.2, -0.15) is 0 Å². The first-order valence-corrected chi connectivity index (χ1v) is 5.87. The van der Waals surface area contributed by atoms with Crippen molar-refractivity contribution in [3.05, 3.63) is 0 Å². The molecule has 0 saturated carbocycles. The zero-order valence-electron chi connectivity index (χ0n) is 9.43. The Labute approximate surface area is 102 Å². The summed E-state index contributed by atoms with van der Waals surface area (Å²) >= 11 is 9.06. The first kappa shape index (κ1) is 14.9. The number of hydrogen-bond acceptors (Lipinski definition) is 3. The predicted molar refractivity (Wildman–Crippen MR) is 69.7 cm³/mol. The van der Waals surface area contributed by atoms with Crippen LogP contribution in [0.1, 0.15) is 26.7 Å². The molecule has 0 aromatic carbocycles. The van der Waals surface area contributed by atoms with Crippen molar-refractivity contribution in [1.82, 2.24) is 4.90 Å². The number of carboxylic acid groups (broad SMARTS) is 1. The number of thiocarbonyl (C=S) groups is 1. The molecule has 0 aromatic rings. The summed E-state index contributed by atoms with van der Waals surface area (Å²) in [4.78, 5) is 12.5. The van der Waals surface area contributed by atoms with E-state index >= 15 is 0 Å². The molecule has 0 radical (unpaired) electrons. The highest BCUT2D eigenvalue weighted by Crippen LogP contribution is 2.11. The lowest BCUT2D eigenvalue weighted by Gasteiger charge is -2.21. The molecule has 0 rings (SSSR count). The van der Waals surface area contributed by atoms with E-state index in [1.807, 2.05) is 18.9 Å². The lowest BCUT2D eigenvalue weighted by atomic mass is 10.1. The maximum Gasteiger partial charge on any atom is 0.320 e. The largest absolute Gasteiger partial charge is 0.480 e. The minimum atomic E-state index is -0.782. The van der Waals surface area contributed by atoms with Crippen LogP contribution in [0.3, 0.4) is 0 Å². The molecule has 88 valence electrons. The third kappa shape index (κ3) is 6.12. The van der Waals surface area contributed by atoms with Crippen molar-refractivity contribution in [1.29, 1.82) is 0 Å². The number of hydrogen-bond donors (Lipinski definition) is 2. The second kappa shape index (κ2) is 7.19. The average Bonchev–Trinajstić information content (AvgIpc) is 2.15. The van der Waals surface area contributed by atoms with Crippen molar-refractivity contribution >= 4 is 35.0 Å². The van der Waals surface area contributed by atoms with E-state index in [9.17, 15) is 4.79 Å². The van der Waals surface area contributed by atoms with Crippen molar-refractivity contribution in [3.8, 4) is 0 Å². The molecule has 0 spiro atoms. The lowest BCUT2D eigenvalue weighted by molar-refractivity contribution is -0.142. The summed E-state index contributed by atoms with van der Waals surface area (Å²) in [6.07, 6.45) is 1.90. The van der Waals surface area contributed by atoms with Gasteiger partial charge in [0.15, 0.2) is 0 Å². The first-order valence-electron chi connectivity index (χ1n) is 5.02. The highest BCUT2D eigenvalue weighted by molar-refractivity contribution is 8.11. The van der Waals surface area contributed by atoms with Crippen LogP contribution in [0.15, 0.2) is 0 Å². The summed E-state index contributed by atoms with van der Waals surface area (Å²) in [6.45, 7) is 4.50. The van der Waals surface area contributed by atoms with Crippen LogP contribution in [0.2, 0.25) is 0 Å². The van der Waals surface area contributed by atoms with Gasteiger partial charge in [-0.05, 0) is 39.3 Å². The lowest BCUT2D eigenvalue weighted by Crippen LogP contribution is -2.36. The van der Waals surface area contributed by atoms with Gasteiger partial charge in [-0.3, -0.25) is 9.69 Å². The molecular formula is C10H19NO2S2. The fourth-order valence-corrected chi connectivity index (χ4v) is 1.40. The Morgan fingerprint density at radius 3 is 2.47 bits per heavy atom. The summed E-state index contributed by atoms with van der Waals surface area (Å²) in [7, 11) is 1.82. The van der Waals surface area contributed by atoms with Gasteiger partial charge in [0.25, 0.3) is 0 Å². The Kier molecular flexibility index (Phi) is 7.13. The monoisotopic (exact) mass is 249 g/mol. The van der Waals surface area contributed by atoms with Crippen LogP contribution in [-0.2, 0) is 4.79 Å². The van der Waals surface area contributed by atoms with Gasteiger partial charge in [-0.25, -0.2) is 0 Å². The summed E-state index contributed by atoms with van der Waals surface area (Å²) in [6, 6.07) is -0.428. The third-order valence-electron chi connectivity index (χ3n) is 2.59. The Bertz CT molecular complexity index is 233. The van der Waals surface area contributed by atoms with Crippen LogP contribution in [0.5, 0.6) is 0 Å². The van der Waals surface area contributed by atoms with Crippen molar-refractivity contribution in [2.75, 3.05) is 13.6 Å². The number of likely N-dealkylation sites (N-methyl/N-ethyl adjacent to an activating group) is 1. The highest BCUT2D eigenvalue weighted by Gasteiger charge is 2.16. The zero-order chi connectivity index (χ0) is 12.0. The molecule has 0 heterocycles. The minimum absolute atomic E-state index is 0.317. The van der Waals surface area contributed by atoms with Crippen LogP contribution in [0.4, 0.5) is 0 Å². The van der Waals surface area contributed by atoms with Crippen LogP contribution < -0.4 is 0 Å². The van der Waals surface area contributed by atoms with E-state index in [1.165, 1.54) is 0 Å². The number of rotatable bonds is 7. The molecule has 15 heavy (non-hydrogen) atoms. The molecule has 0 bridgehead atoms. The molecule has 2 atom stereocenters. The molecule has 0 fully saturated rings. The number of carbonyl (C=O) groups is 1. The molecular weight excluding hydrogens is 230 g/mol. The summed E-state index contributed by atoms with van der Waals surface area (Å²) in [5, 5.41) is 8.77. The zero-order valence-corrected chi connectivity index (χ0v) is 11.1. The SMILES string of the molecule is CC(CCCN(C)[C@@H](C)C(=O)O)C(=S)S. The van der Waals surface area contributed by atoms with Gasteiger partial charge in [-0.1, -0.05) is 19.1 Å². The standard InChI is InChI=1S/C10H19NO2S2/c1-7(10(14)15)5-4-6-11(3)8(2)9(12)13/h7-8H,4-6H2,1-3H3,(H,12,13)(H,14,15)/t7?,8-/m0/s1. The smallest absolute Gasteiger partial charge is 0.320 e. The van der Waals surface area contributed by atoms with Crippen molar-refractivity contribution < 1.29 is 9.90 Å². The molecule has 0 saturated heterocycles. The van der Waals surface area contributed by atoms with Gasteiger partial charge in [-0.15, -0.1) is 12.6 Å². The summed E-state index contributed by atoms with van der Waals surface area (Å²) < 4.78 is 0.726. The second-order valence-corrected chi connectivity index (χ2v) is 5.10. The highest BCUT2D eigenvalue weighted by atomic mass is 32.1. The van der Waals surface area contributed by atoms with Crippen molar-refractivity contribution in [2.24, 2.45) is 5.92 Å². The van der Waals surface area contributed by atoms with E-state index in [0.29, 0.717) is 5.92 Å². The molecule has 0 aliphatic carbocycles. The number of thiol groups is 1. The van der Waals surface area contributed by atoms with E-state index in [1.54, 1.807) is 6.92 Å². The van der Waals surface area contributed by atoms with Gasteiger partial charge >= 0.3 is 5.97 Å². The molecule has 0 aromatic heterocycles. The molecule has 1 N–H and O–H groups in total. The maximum atomic E-state index is 10.7. The summed E-state index contributed by atoms with van der Waals surface area (Å²) in [5.74, 6) is -0.466. The van der Waals surface area contributed by atoms with Gasteiger partial charge in [0.1, 0.15) is 6.04 Å². The van der Waals surface area contributed by atoms with Crippen molar-refractivity contribution in [3.63, 3.8) is 0 Å². The Morgan fingerprint density at radius 1 is 1.53 bits per heavy atom. The van der Waals surface area contributed by atoms with Crippen LogP contribution in [0.25, 0.3) is 0 Å². The minimum Gasteiger partial charge on any atom is -0.480 e. The van der Waals surface area contributed by atoms with E-state index in [2.05, 4.69) is 12.6 Å². The fourth-order valence-electron chi connectivity index (χ4n) is 1.15. The van der Waals surface area contributed by atoms with Gasteiger partial charge in [0.2, 0.25) is 0 Å². The molecule has 5 heteroatoms. The Balaban J connectivity index is 3.77. The van der Waals surface area contributed by atoms with Crippen LogP contribution in [0, 0.1) is 5.92 Å². The topological polar surface area (TPSA) is 40.5 Å². The third-order valence-corrected chi connectivity index (χ3v) is 3.43. The summed E-state index contributed by atoms with van der Waals surface area (Å²) in [5.41, 5.74) is 0. The van der Waals surface area contributed by atoms with E-state index in [-0.39, 0.29) is 0 Å². The fraction of sp³-hybridized carbons (Fsp3) is 0.800. The van der Waals surface area contributed by atoms with E-state index < -0.39 is 12.0 Å². The molecule has 1 unspecified atom stereocenters. The van der Waals surface area contributed by atoms with Gasteiger partial charge in [0.05, 0.1) is 0 Å². The van der Waals surface area contributed by atoms with E-state index in [4.69, 9.17) is 17.3 Å². The Hall–Kier alpha value is -0.130. The van der Waals surface area contributed by atoms with E-state index in [0.717, 1.165) is 23.6 Å². The van der Waals surface area contributed by atoms with Crippen LogP contribution >= 0.6 is 24.8 Å². The average molecular weight is 249 g/mol. The normalized spacial score (nSPS) is 15.0. The molecule has 0 amide bonds. The quantitative estimate of drug-likeness (QED) is 0.535. The number of nitrogens with zero attached hydrogens (tertiary/aromatic N) is 1.